The van der Waals surface area contributed by atoms with Gasteiger partial charge in [-0.3, -0.25) is 0 Å². The highest BCUT2D eigenvalue weighted by molar-refractivity contribution is 6.31. The molecule has 2 rings (SSSR count). The van der Waals surface area contributed by atoms with Gasteiger partial charge in [-0.05, 0) is 36.8 Å². The molecule has 4 nitrogen and oxygen atoms in total. The van der Waals surface area contributed by atoms with Gasteiger partial charge in [0.1, 0.15) is 6.61 Å². The van der Waals surface area contributed by atoms with Crippen LogP contribution in [-0.4, -0.2) is 31.9 Å². The van der Waals surface area contributed by atoms with Gasteiger partial charge in [-0.2, -0.15) is 5.10 Å². The third kappa shape index (κ3) is 5.18. The molecular formula is C18H21ClN2O2. The SMILES string of the molecule is CCOc1cc(C=NN(C)C)ccc1OCc1ccccc1Cl. The predicted molar refractivity (Wildman–Crippen MR) is 94.7 cm³/mol. The van der Waals surface area contributed by atoms with Crippen molar-refractivity contribution in [3.05, 3.63) is 58.6 Å². The van der Waals surface area contributed by atoms with E-state index in [1.807, 2.05) is 63.5 Å². The summed E-state index contributed by atoms with van der Waals surface area (Å²) in [5, 5.41) is 6.66. The van der Waals surface area contributed by atoms with E-state index in [0.29, 0.717) is 29.7 Å². The minimum atomic E-state index is 0.394. The van der Waals surface area contributed by atoms with Crippen LogP contribution in [0.4, 0.5) is 0 Å². The van der Waals surface area contributed by atoms with E-state index < -0.39 is 0 Å². The Bertz CT molecular complexity index is 672. The molecular weight excluding hydrogens is 312 g/mol. The summed E-state index contributed by atoms with van der Waals surface area (Å²) < 4.78 is 11.5. The molecule has 0 saturated carbocycles. The smallest absolute Gasteiger partial charge is 0.161 e. The third-order valence-corrected chi connectivity index (χ3v) is 3.42. The molecule has 0 heterocycles. The van der Waals surface area contributed by atoms with Crippen LogP contribution in [-0.2, 0) is 6.61 Å². The van der Waals surface area contributed by atoms with E-state index in [1.165, 1.54) is 0 Å². The van der Waals surface area contributed by atoms with Gasteiger partial charge in [-0.15, -0.1) is 0 Å². The summed E-state index contributed by atoms with van der Waals surface area (Å²) in [5.41, 5.74) is 1.89. The van der Waals surface area contributed by atoms with Crippen LogP contribution >= 0.6 is 11.6 Å². The molecule has 2 aromatic rings. The third-order valence-electron chi connectivity index (χ3n) is 3.05. The fraction of sp³-hybridized carbons (Fsp3) is 0.278. The van der Waals surface area contributed by atoms with Crippen LogP contribution in [0.3, 0.4) is 0 Å². The zero-order valence-electron chi connectivity index (χ0n) is 13.6. The lowest BCUT2D eigenvalue weighted by Gasteiger charge is -2.13. The molecule has 23 heavy (non-hydrogen) atoms. The molecule has 0 amide bonds. The molecule has 0 fully saturated rings. The zero-order chi connectivity index (χ0) is 16.7. The quantitative estimate of drug-likeness (QED) is 0.562. The van der Waals surface area contributed by atoms with Crippen LogP contribution < -0.4 is 9.47 Å². The van der Waals surface area contributed by atoms with Crippen molar-refractivity contribution < 1.29 is 9.47 Å². The highest BCUT2D eigenvalue weighted by Gasteiger charge is 2.07. The molecule has 0 aliphatic heterocycles. The highest BCUT2D eigenvalue weighted by Crippen LogP contribution is 2.29. The molecule has 0 N–H and O–H groups in total. The molecule has 0 saturated heterocycles. The monoisotopic (exact) mass is 332 g/mol. The van der Waals surface area contributed by atoms with Crippen molar-refractivity contribution in [2.24, 2.45) is 5.10 Å². The average Bonchev–Trinajstić information content (AvgIpc) is 2.53. The molecule has 0 spiro atoms. The first-order chi connectivity index (χ1) is 11.1. The Morgan fingerprint density at radius 3 is 2.57 bits per heavy atom. The second-order valence-electron chi connectivity index (χ2n) is 5.11. The first-order valence-electron chi connectivity index (χ1n) is 7.44. The summed E-state index contributed by atoms with van der Waals surface area (Å²) in [6, 6.07) is 13.4. The summed E-state index contributed by atoms with van der Waals surface area (Å²) in [4.78, 5) is 0. The van der Waals surface area contributed by atoms with E-state index in [9.17, 15) is 0 Å². The van der Waals surface area contributed by atoms with Gasteiger partial charge in [0.05, 0.1) is 12.8 Å². The fourth-order valence-corrected chi connectivity index (χ4v) is 2.14. The van der Waals surface area contributed by atoms with Crippen LogP contribution in [0.2, 0.25) is 5.02 Å². The normalized spacial score (nSPS) is 10.8. The summed E-state index contributed by atoms with van der Waals surface area (Å²) in [7, 11) is 3.75. The van der Waals surface area contributed by atoms with Crippen LogP contribution in [0.25, 0.3) is 0 Å². The molecule has 5 heteroatoms. The minimum Gasteiger partial charge on any atom is -0.490 e. The molecule has 0 atom stereocenters. The Labute approximate surface area is 142 Å². The van der Waals surface area contributed by atoms with Crippen molar-refractivity contribution in [1.82, 2.24) is 5.01 Å². The summed E-state index contributed by atoms with van der Waals surface area (Å²) in [6.07, 6.45) is 1.78. The number of rotatable bonds is 7. The Kier molecular flexibility index (Phi) is 6.29. The molecule has 0 aromatic heterocycles. The van der Waals surface area contributed by atoms with Gasteiger partial charge < -0.3 is 14.5 Å². The van der Waals surface area contributed by atoms with Gasteiger partial charge in [-0.25, -0.2) is 0 Å². The van der Waals surface area contributed by atoms with Crippen LogP contribution in [0, 0.1) is 0 Å². The minimum absolute atomic E-state index is 0.394. The largest absolute Gasteiger partial charge is 0.490 e. The standard InChI is InChI=1S/C18H21ClN2O2/c1-4-22-18-11-14(12-20-21(2)3)9-10-17(18)23-13-15-7-5-6-8-16(15)19/h5-12H,4,13H2,1-3H3. The molecule has 2 aromatic carbocycles. The number of hydrogen-bond acceptors (Lipinski definition) is 4. The van der Waals surface area contributed by atoms with Gasteiger partial charge in [-0.1, -0.05) is 29.8 Å². The Hall–Kier alpha value is -2.20. The zero-order valence-corrected chi connectivity index (χ0v) is 14.4. The van der Waals surface area contributed by atoms with Crippen molar-refractivity contribution >= 4 is 17.8 Å². The number of hydrogen-bond donors (Lipinski definition) is 0. The maximum Gasteiger partial charge on any atom is 0.161 e. The van der Waals surface area contributed by atoms with E-state index >= 15 is 0 Å². The molecule has 122 valence electrons. The highest BCUT2D eigenvalue weighted by atomic mass is 35.5. The number of nitrogens with zero attached hydrogens (tertiary/aromatic N) is 2. The van der Waals surface area contributed by atoms with E-state index in [4.69, 9.17) is 21.1 Å². The summed E-state index contributed by atoms with van der Waals surface area (Å²) in [5.74, 6) is 1.39. The second kappa shape index (κ2) is 8.44. The topological polar surface area (TPSA) is 34.1 Å². The van der Waals surface area contributed by atoms with E-state index in [2.05, 4.69) is 5.10 Å². The first kappa shape index (κ1) is 17.2. The van der Waals surface area contributed by atoms with Crippen molar-refractivity contribution in [3.63, 3.8) is 0 Å². The Morgan fingerprint density at radius 2 is 1.87 bits per heavy atom. The van der Waals surface area contributed by atoms with Crippen LogP contribution in [0.5, 0.6) is 11.5 Å². The molecule has 0 aliphatic carbocycles. The average molecular weight is 333 g/mol. The molecule has 0 bridgehead atoms. The van der Waals surface area contributed by atoms with E-state index in [-0.39, 0.29) is 0 Å². The van der Waals surface area contributed by atoms with Gasteiger partial charge in [0.2, 0.25) is 0 Å². The number of halogens is 1. The van der Waals surface area contributed by atoms with Crippen LogP contribution in [0.15, 0.2) is 47.6 Å². The number of hydrazone groups is 1. The van der Waals surface area contributed by atoms with E-state index in [1.54, 1.807) is 11.2 Å². The number of benzene rings is 2. The van der Waals surface area contributed by atoms with E-state index in [0.717, 1.165) is 11.1 Å². The Morgan fingerprint density at radius 1 is 1.09 bits per heavy atom. The lowest BCUT2D eigenvalue weighted by atomic mass is 10.2. The summed E-state index contributed by atoms with van der Waals surface area (Å²) >= 11 is 6.15. The van der Waals surface area contributed by atoms with Gasteiger partial charge in [0, 0.05) is 24.7 Å². The Balaban J connectivity index is 2.15. The second-order valence-corrected chi connectivity index (χ2v) is 5.52. The lowest BCUT2D eigenvalue weighted by molar-refractivity contribution is 0.269. The lowest BCUT2D eigenvalue weighted by Crippen LogP contribution is -2.03. The molecule has 0 unspecified atom stereocenters. The van der Waals surface area contributed by atoms with Crippen molar-refractivity contribution in [3.8, 4) is 11.5 Å². The fourth-order valence-electron chi connectivity index (χ4n) is 1.95. The van der Waals surface area contributed by atoms with Gasteiger partial charge in [0.25, 0.3) is 0 Å². The van der Waals surface area contributed by atoms with Crippen molar-refractivity contribution in [2.75, 3.05) is 20.7 Å². The van der Waals surface area contributed by atoms with Crippen molar-refractivity contribution in [1.29, 1.82) is 0 Å². The summed E-state index contributed by atoms with van der Waals surface area (Å²) in [6.45, 7) is 2.90. The number of ether oxygens (including phenoxy) is 2. The maximum atomic E-state index is 6.15. The maximum absolute atomic E-state index is 6.15. The van der Waals surface area contributed by atoms with Crippen molar-refractivity contribution in [2.45, 2.75) is 13.5 Å². The molecule has 0 radical (unpaired) electrons. The van der Waals surface area contributed by atoms with Gasteiger partial charge in [0.15, 0.2) is 11.5 Å². The first-order valence-corrected chi connectivity index (χ1v) is 7.82. The van der Waals surface area contributed by atoms with Crippen LogP contribution in [0.1, 0.15) is 18.1 Å². The predicted octanol–water partition coefficient (Wildman–Crippen LogP) is 4.21. The van der Waals surface area contributed by atoms with Gasteiger partial charge >= 0.3 is 0 Å². The molecule has 0 aliphatic rings.